The number of allylic oxidation sites excluding steroid dienone is 1. The molecule has 1 aromatic carbocycles. The van der Waals surface area contributed by atoms with Crippen LogP contribution < -0.4 is 5.32 Å². The molecule has 30 heavy (non-hydrogen) atoms. The van der Waals surface area contributed by atoms with E-state index in [9.17, 15) is 19.5 Å². The van der Waals surface area contributed by atoms with Crippen LogP contribution in [-0.2, 0) is 19.1 Å². The molecule has 0 saturated carbocycles. The highest BCUT2D eigenvalue weighted by atomic mass is 35.5. The molecule has 0 aromatic heterocycles. The number of nitrogens with one attached hydrogen (secondary N) is 1. The lowest BCUT2D eigenvalue weighted by atomic mass is 9.70. The van der Waals surface area contributed by atoms with Gasteiger partial charge in [0.25, 0.3) is 0 Å². The van der Waals surface area contributed by atoms with E-state index in [4.69, 9.17) is 16.3 Å². The predicted molar refractivity (Wildman–Crippen MR) is 113 cm³/mol. The average Bonchev–Trinajstić information content (AvgIpc) is 3.00. The minimum Gasteiger partial charge on any atom is -0.466 e. The van der Waals surface area contributed by atoms with E-state index in [0.717, 1.165) is 0 Å². The van der Waals surface area contributed by atoms with E-state index in [-0.39, 0.29) is 37.5 Å². The second kappa shape index (κ2) is 9.62. The van der Waals surface area contributed by atoms with E-state index in [1.807, 2.05) is 19.1 Å². The average molecular weight is 435 g/mol. The largest absolute Gasteiger partial charge is 0.466 e. The third-order valence-corrected chi connectivity index (χ3v) is 6.02. The van der Waals surface area contributed by atoms with Crippen molar-refractivity contribution in [1.29, 1.82) is 0 Å². The highest BCUT2D eigenvalue weighted by Crippen LogP contribution is 2.44. The highest BCUT2D eigenvalue weighted by molar-refractivity contribution is 6.30. The van der Waals surface area contributed by atoms with Crippen LogP contribution >= 0.6 is 11.6 Å². The summed E-state index contributed by atoms with van der Waals surface area (Å²) in [6.07, 6.45) is 4.10. The first kappa shape index (κ1) is 22.3. The Morgan fingerprint density at radius 1 is 1.23 bits per heavy atom. The molecule has 1 aliphatic heterocycles. The topological polar surface area (TPSA) is 95.9 Å². The van der Waals surface area contributed by atoms with Gasteiger partial charge in [-0.2, -0.15) is 0 Å². The summed E-state index contributed by atoms with van der Waals surface area (Å²) in [7, 11) is 0. The van der Waals surface area contributed by atoms with E-state index in [1.165, 1.54) is 4.90 Å². The van der Waals surface area contributed by atoms with E-state index >= 15 is 0 Å². The Kier molecular flexibility index (Phi) is 7.15. The second-order valence-electron chi connectivity index (χ2n) is 7.67. The molecule has 2 N–H and O–H groups in total. The Hall–Kier alpha value is -2.38. The van der Waals surface area contributed by atoms with Crippen molar-refractivity contribution in [2.24, 2.45) is 23.7 Å². The van der Waals surface area contributed by atoms with Gasteiger partial charge in [-0.25, -0.2) is 0 Å². The van der Waals surface area contributed by atoms with Gasteiger partial charge in [-0.05, 0) is 43.5 Å². The van der Waals surface area contributed by atoms with Crippen molar-refractivity contribution >= 4 is 35.1 Å². The molecule has 0 radical (unpaired) electrons. The molecule has 1 aromatic rings. The molecule has 1 fully saturated rings. The number of aliphatic hydroxyl groups is 1. The number of amides is 2. The molecule has 3 rings (SSSR count). The van der Waals surface area contributed by atoms with Crippen LogP contribution in [-0.4, -0.2) is 53.6 Å². The van der Waals surface area contributed by atoms with Crippen molar-refractivity contribution in [2.45, 2.75) is 26.3 Å². The normalized spacial score (nSPS) is 27.7. The van der Waals surface area contributed by atoms with Crippen LogP contribution in [0.2, 0.25) is 5.02 Å². The summed E-state index contributed by atoms with van der Waals surface area (Å²) in [5, 5.41) is 12.7. The summed E-state index contributed by atoms with van der Waals surface area (Å²) in [4.78, 5) is 40.7. The number of hydrogen-bond acceptors (Lipinski definition) is 5. The van der Waals surface area contributed by atoms with Gasteiger partial charge in [0.2, 0.25) is 11.8 Å². The number of rotatable bonds is 7. The van der Waals surface area contributed by atoms with Crippen molar-refractivity contribution in [3.8, 4) is 0 Å². The minimum absolute atomic E-state index is 0.0990. The Bertz CT molecular complexity index is 825. The van der Waals surface area contributed by atoms with Crippen molar-refractivity contribution in [3.05, 3.63) is 41.4 Å². The molecular formula is C22H27ClN2O5. The molecule has 2 amide bonds. The number of hydrogen-bond donors (Lipinski definition) is 2. The zero-order chi connectivity index (χ0) is 21.8. The maximum absolute atomic E-state index is 13.3. The number of anilines is 1. The van der Waals surface area contributed by atoms with Gasteiger partial charge in [-0.15, -0.1) is 0 Å². The van der Waals surface area contributed by atoms with Crippen LogP contribution in [0.15, 0.2) is 36.4 Å². The van der Waals surface area contributed by atoms with Crippen LogP contribution in [0.4, 0.5) is 5.69 Å². The molecule has 162 valence electrons. The number of esters is 1. The molecule has 7 nitrogen and oxygen atoms in total. The van der Waals surface area contributed by atoms with E-state index in [0.29, 0.717) is 17.1 Å². The SMILES string of the molecule is CCOC(=O)[C@H]1[C@H]2C(=O)N(CCCO)[C@H](C(=O)Nc3ccc(Cl)cc3)[C@H]2C=C[C@H]1C. The van der Waals surface area contributed by atoms with Crippen molar-refractivity contribution in [2.75, 3.05) is 25.1 Å². The van der Waals surface area contributed by atoms with Crippen molar-refractivity contribution in [1.82, 2.24) is 4.90 Å². The molecule has 8 heteroatoms. The first-order chi connectivity index (χ1) is 14.4. The first-order valence-electron chi connectivity index (χ1n) is 10.2. The van der Waals surface area contributed by atoms with E-state index in [1.54, 1.807) is 31.2 Å². The van der Waals surface area contributed by atoms with Crippen molar-refractivity contribution < 1.29 is 24.2 Å². The van der Waals surface area contributed by atoms with Crippen LogP contribution in [0.25, 0.3) is 0 Å². The number of nitrogens with zero attached hydrogens (tertiary/aromatic N) is 1. The molecule has 0 spiro atoms. The summed E-state index contributed by atoms with van der Waals surface area (Å²) < 4.78 is 5.23. The van der Waals surface area contributed by atoms with Gasteiger partial charge in [-0.1, -0.05) is 30.7 Å². The maximum atomic E-state index is 13.3. The van der Waals surface area contributed by atoms with Gasteiger partial charge in [-0.3, -0.25) is 14.4 Å². The number of aliphatic hydroxyl groups excluding tert-OH is 1. The third kappa shape index (κ3) is 4.37. The van der Waals surface area contributed by atoms with Gasteiger partial charge in [0.05, 0.1) is 18.4 Å². The molecule has 1 aliphatic carbocycles. The fraction of sp³-hybridized carbons (Fsp3) is 0.500. The predicted octanol–water partition coefficient (Wildman–Crippen LogP) is 2.49. The summed E-state index contributed by atoms with van der Waals surface area (Å²) in [6, 6.07) is 5.94. The number of ether oxygens (including phenoxy) is 1. The molecule has 1 heterocycles. The summed E-state index contributed by atoms with van der Waals surface area (Å²) in [5.41, 5.74) is 0.567. The Morgan fingerprint density at radius 3 is 2.57 bits per heavy atom. The lowest BCUT2D eigenvalue weighted by Gasteiger charge is -2.32. The van der Waals surface area contributed by atoms with Crippen LogP contribution in [0, 0.1) is 23.7 Å². The number of benzene rings is 1. The summed E-state index contributed by atoms with van der Waals surface area (Å²) >= 11 is 5.91. The number of halogens is 1. The minimum atomic E-state index is -0.773. The number of fused-ring (bicyclic) bond motifs is 1. The van der Waals surface area contributed by atoms with Gasteiger partial charge in [0.15, 0.2) is 0 Å². The lowest BCUT2D eigenvalue weighted by molar-refractivity contribution is -0.155. The second-order valence-corrected chi connectivity index (χ2v) is 8.11. The number of carbonyl (C=O) groups is 3. The van der Waals surface area contributed by atoms with E-state index in [2.05, 4.69) is 5.32 Å². The first-order valence-corrected chi connectivity index (χ1v) is 10.6. The molecule has 5 atom stereocenters. The molecule has 2 aliphatic rings. The van der Waals surface area contributed by atoms with Gasteiger partial charge in [0.1, 0.15) is 6.04 Å². The maximum Gasteiger partial charge on any atom is 0.310 e. The number of carbonyl (C=O) groups excluding carboxylic acids is 3. The molecule has 0 unspecified atom stereocenters. The third-order valence-electron chi connectivity index (χ3n) is 5.77. The van der Waals surface area contributed by atoms with E-state index < -0.39 is 29.8 Å². The van der Waals surface area contributed by atoms with Gasteiger partial charge < -0.3 is 20.1 Å². The molecule has 0 bridgehead atoms. The lowest BCUT2D eigenvalue weighted by Crippen LogP contribution is -2.44. The van der Waals surface area contributed by atoms with Crippen LogP contribution in [0.5, 0.6) is 0 Å². The Labute approximate surface area is 181 Å². The smallest absolute Gasteiger partial charge is 0.310 e. The molecular weight excluding hydrogens is 408 g/mol. The summed E-state index contributed by atoms with van der Waals surface area (Å²) in [5.74, 6) is -2.93. The number of likely N-dealkylation sites (tertiary alicyclic amines) is 1. The zero-order valence-electron chi connectivity index (χ0n) is 17.1. The molecule has 1 saturated heterocycles. The van der Waals surface area contributed by atoms with Crippen LogP contribution in [0.1, 0.15) is 20.3 Å². The highest BCUT2D eigenvalue weighted by Gasteiger charge is 2.56. The van der Waals surface area contributed by atoms with Crippen molar-refractivity contribution in [3.63, 3.8) is 0 Å². The Morgan fingerprint density at radius 2 is 1.93 bits per heavy atom. The monoisotopic (exact) mass is 434 g/mol. The standard InChI is InChI=1S/C22H27ClN2O5/c1-3-30-22(29)17-13(2)5-10-16-18(17)21(28)25(11-4-12-26)19(16)20(27)24-15-8-6-14(23)7-9-15/h5-10,13,16-19,26H,3-4,11-12H2,1-2H3,(H,24,27)/t13-,16+,17-,18+,19+/m1/s1. The Balaban J connectivity index is 1.92. The quantitative estimate of drug-likeness (QED) is 0.507. The van der Waals surface area contributed by atoms with Crippen LogP contribution in [0.3, 0.4) is 0 Å². The van der Waals surface area contributed by atoms with Gasteiger partial charge in [0, 0.05) is 29.8 Å². The summed E-state index contributed by atoms with van der Waals surface area (Å²) in [6.45, 7) is 3.97. The fourth-order valence-electron chi connectivity index (χ4n) is 4.42. The zero-order valence-corrected chi connectivity index (χ0v) is 17.8. The fourth-order valence-corrected chi connectivity index (χ4v) is 4.55. The van der Waals surface area contributed by atoms with Gasteiger partial charge >= 0.3 is 5.97 Å².